The van der Waals surface area contributed by atoms with Crippen LogP contribution in [0.5, 0.6) is 0 Å². The zero-order valence-corrected chi connectivity index (χ0v) is 11.3. The van der Waals surface area contributed by atoms with Crippen LogP contribution in [0.15, 0.2) is 24.3 Å². The van der Waals surface area contributed by atoms with Crippen molar-refractivity contribution in [1.29, 1.82) is 0 Å². The van der Waals surface area contributed by atoms with Crippen LogP contribution in [0.2, 0.25) is 0 Å². The van der Waals surface area contributed by atoms with Gasteiger partial charge in [-0.15, -0.1) is 0 Å². The molecule has 1 aliphatic heterocycles. The minimum absolute atomic E-state index is 0.227. The van der Waals surface area contributed by atoms with E-state index >= 15 is 0 Å². The number of carbonyl (C=O) groups is 1. The van der Waals surface area contributed by atoms with E-state index in [9.17, 15) is 4.79 Å². The smallest absolute Gasteiger partial charge is 0.220 e. The quantitative estimate of drug-likeness (QED) is 0.872. The maximum absolute atomic E-state index is 11.9. The van der Waals surface area contributed by atoms with E-state index < -0.39 is 0 Å². The standard InChI is InChI=1S/C16H22N2O/c19-16(18-13-6-2-3-7-13)10-9-14-11-12-5-1-4-8-15(12)17-14/h1,4-5,8,13-14,17H,2-3,6-7,9-11H2,(H,18,19). The number of hydrogen-bond acceptors (Lipinski definition) is 2. The first kappa shape index (κ1) is 12.5. The highest BCUT2D eigenvalue weighted by Gasteiger charge is 2.22. The fraction of sp³-hybridized carbons (Fsp3) is 0.562. The Balaban J connectivity index is 1.42. The number of fused-ring (bicyclic) bond motifs is 1. The minimum atomic E-state index is 0.227. The summed E-state index contributed by atoms with van der Waals surface area (Å²) in [7, 11) is 0. The van der Waals surface area contributed by atoms with Crippen molar-refractivity contribution < 1.29 is 4.79 Å². The molecule has 3 heteroatoms. The maximum Gasteiger partial charge on any atom is 0.220 e. The minimum Gasteiger partial charge on any atom is -0.382 e. The molecule has 102 valence electrons. The Morgan fingerprint density at radius 1 is 1.26 bits per heavy atom. The van der Waals surface area contributed by atoms with Gasteiger partial charge in [-0.2, -0.15) is 0 Å². The Morgan fingerprint density at radius 2 is 2.05 bits per heavy atom. The predicted molar refractivity (Wildman–Crippen MR) is 77.2 cm³/mol. The Labute approximate surface area is 114 Å². The van der Waals surface area contributed by atoms with Crippen molar-refractivity contribution in [3.05, 3.63) is 29.8 Å². The van der Waals surface area contributed by atoms with Gasteiger partial charge in [-0.05, 0) is 37.3 Å². The molecule has 3 nitrogen and oxygen atoms in total. The largest absolute Gasteiger partial charge is 0.382 e. The number of amides is 1. The van der Waals surface area contributed by atoms with Crippen LogP contribution in [0, 0.1) is 0 Å². The Hall–Kier alpha value is -1.51. The van der Waals surface area contributed by atoms with Crippen LogP contribution in [-0.4, -0.2) is 18.0 Å². The number of rotatable bonds is 4. The van der Waals surface area contributed by atoms with Gasteiger partial charge in [-0.25, -0.2) is 0 Å². The number of nitrogens with one attached hydrogen (secondary N) is 2. The van der Waals surface area contributed by atoms with Crippen molar-refractivity contribution in [3.63, 3.8) is 0 Å². The molecule has 19 heavy (non-hydrogen) atoms. The Kier molecular flexibility index (Phi) is 3.72. The van der Waals surface area contributed by atoms with E-state index in [1.54, 1.807) is 0 Å². The Bertz CT molecular complexity index is 427. The molecule has 2 N–H and O–H groups in total. The van der Waals surface area contributed by atoms with Crippen LogP contribution in [0.3, 0.4) is 0 Å². The topological polar surface area (TPSA) is 41.1 Å². The number of anilines is 1. The van der Waals surface area contributed by atoms with E-state index in [4.69, 9.17) is 0 Å². The van der Waals surface area contributed by atoms with Gasteiger partial charge in [-0.1, -0.05) is 31.0 Å². The first-order valence-electron chi connectivity index (χ1n) is 7.45. The fourth-order valence-corrected chi connectivity index (χ4v) is 3.23. The van der Waals surface area contributed by atoms with Crippen LogP contribution < -0.4 is 10.6 Å². The molecule has 1 fully saturated rings. The number of hydrogen-bond donors (Lipinski definition) is 2. The normalized spacial score (nSPS) is 22.0. The van der Waals surface area contributed by atoms with Gasteiger partial charge < -0.3 is 10.6 Å². The van der Waals surface area contributed by atoms with E-state index in [1.165, 1.54) is 36.9 Å². The second kappa shape index (κ2) is 5.64. The second-order valence-electron chi connectivity index (χ2n) is 5.79. The summed E-state index contributed by atoms with van der Waals surface area (Å²) in [5.74, 6) is 0.227. The van der Waals surface area contributed by atoms with Crippen molar-refractivity contribution in [2.45, 2.75) is 57.0 Å². The lowest BCUT2D eigenvalue weighted by Crippen LogP contribution is -2.33. The molecule has 1 unspecified atom stereocenters. The lowest BCUT2D eigenvalue weighted by molar-refractivity contribution is -0.121. The van der Waals surface area contributed by atoms with Crippen molar-refractivity contribution in [3.8, 4) is 0 Å². The molecule has 2 aliphatic rings. The molecule has 1 atom stereocenters. The highest BCUT2D eigenvalue weighted by Crippen LogP contribution is 2.27. The fourth-order valence-electron chi connectivity index (χ4n) is 3.23. The van der Waals surface area contributed by atoms with Crippen LogP contribution in [-0.2, 0) is 11.2 Å². The molecular weight excluding hydrogens is 236 g/mol. The lowest BCUT2D eigenvalue weighted by atomic mass is 10.1. The lowest BCUT2D eigenvalue weighted by Gasteiger charge is -2.14. The highest BCUT2D eigenvalue weighted by molar-refractivity contribution is 5.76. The third-order valence-corrected chi connectivity index (χ3v) is 4.28. The van der Waals surface area contributed by atoms with Gasteiger partial charge in [-0.3, -0.25) is 4.79 Å². The van der Waals surface area contributed by atoms with E-state index in [2.05, 4.69) is 34.9 Å². The van der Waals surface area contributed by atoms with Crippen molar-refractivity contribution in [2.24, 2.45) is 0 Å². The molecule has 0 radical (unpaired) electrons. The molecule has 3 rings (SSSR count). The number of benzene rings is 1. The average Bonchev–Trinajstić information content (AvgIpc) is 3.04. The van der Waals surface area contributed by atoms with Crippen LogP contribution in [0.25, 0.3) is 0 Å². The zero-order chi connectivity index (χ0) is 13.1. The molecule has 1 aromatic carbocycles. The molecule has 1 saturated carbocycles. The zero-order valence-electron chi connectivity index (χ0n) is 11.3. The van der Waals surface area contributed by atoms with Crippen molar-refractivity contribution in [1.82, 2.24) is 5.32 Å². The third-order valence-electron chi connectivity index (χ3n) is 4.28. The van der Waals surface area contributed by atoms with E-state index in [-0.39, 0.29) is 5.91 Å². The number of carbonyl (C=O) groups excluding carboxylic acids is 1. The molecule has 0 saturated heterocycles. The summed E-state index contributed by atoms with van der Waals surface area (Å²) in [4.78, 5) is 11.9. The predicted octanol–water partition coefficient (Wildman–Crippen LogP) is 2.86. The van der Waals surface area contributed by atoms with Crippen LogP contribution in [0.4, 0.5) is 5.69 Å². The van der Waals surface area contributed by atoms with Crippen LogP contribution in [0.1, 0.15) is 44.1 Å². The maximum atomic E-state index is 11.9. The summed E-state index contributed by atoms with van der Waals surface area (Å²) in [6, 6.07) is 9.29. The monoisotopic (exact) mass is 258 g/mol. The van der Waals surface area contributed by atoms with E-state index in [0.29, 0.717) is 18.5 Å². The summed E-state index contributed by atoms with van der Waals surface area (Å²) in [6.07, 6.45) is 7.48. The first-order valence-corrected chi connectivity index (χ1v) is 7.45. The van der Waals surface area contributed by atoms with Gasteiger partial charge in [0.2, 0.25) is 5.91 Å². The Morgan fingerprint density at radius 3 is 2.84 bits per heavy atom. The SMILES string of the molecule is O=C(CCC1Cc2ccccc2N1)NC1CCCC1. The first-order chi connectivity index (χ1) is 9.31. The summed E-state index contributed by atoms with van der Waals surface area (Å²) in [5.41, 5.74) is 2.62. The highest BCUT2D eigenvalue weighted by atomic mass is 16.1. The summed E-state index contributed by atoms with van der Waals surface area (Å²) in [6.45, 7) is 0. The summed E-state index contributed by atoms with van der Waals surface area (Å²) >= 11 is 0. The second-order valence-corrected chi connectivity index (χ2v) is 5.79. The molecule has 0 bridgehead atoms. The number of para-hydroxylation sites is 1. The van der Waals surface area contributed by atoms with Crippen molar-refractivity contribution in [2.75, 3.05) is 5.32 Å². The molecule has 1 aromatic rings. The molecule has 1 heterocycles. The van der Waals surface area contributed by atoms with E-state index in [0.717, 1.165) is 12.8 Å². The van der Waals surface area contributed by atoms with Gasteiger partial charge in [0, 0.05) is 24.2 Å². The average molecular weight is 258 g/mol. The van der Waals surface area contributed by atoms with E-state index in [1.807, 2.05) is 0 Å². The molecule has 0 spiro atoms. The van der Waals surface area contributed by atoms with Gasteiger partial charge >= 0.3 is 0 Å². The summed E-state index contributed by atoms with van der Waals surface area (Å²) < 4.78 is 0. The van der Waals surface area contributed by atoms with Gasteiger partial charge in [0.25, 0.3) is 0 Å². The molecular formula is C16H22N2O. The molecule has 1 aliphatic carbocycles. The molecule has 1 amide bonds. The van der Waals surface area contributed by atoms with Gasteiger partial charge in [0.15, 0.2) is 0 Å². The van der Waals surface area contributed by atoms with Gasteiger partial charge in [0.1, 0.15) is 0 Å². The molecule has 0 aromatic heterocycles. The van der Waals surface area contributed by atoms with Gasteiger partial charge in [0.05, 0.1) is 0 Å². The third kappa shape index (κ3) is 3.09. The summed E-state index contributed by atoms with van der Waals surface area (Å²) in [5, 5.41) is 6.66. The van der Waals surface area contributed by atoms with Crippen molar-refractivity contribution >= 4 is 11.6 Å². The van der Waals surface area contributed by atoms with Crippen LogP contribution >= 0.6 is 0 Å².